The Morgan fingerprint density at radius 1 is 1.17 bits per heavy atom. The summed E-state index contributed by atoms with van der Waals surface area (Å²) in [6, 6.07) is 5.05. The van der Waals surface area contributed by atoms with Gasteiger partial charge in [-0.25, -0.2) is 0 Å². The van der Waals surface area contributed by atoms with E-state index in [0.717, 1.165) is 12.8 Å². The van der Waals surface area contributed by atoms with Crippen LogP contribution in [0, 0.1) is 0 Å². The van der Waals surface area contributed by atoms with E-state index >= 15 is 0 Å². The lowest BCUT2D eigenvalue weighted by Crippen LogP contribution is -2.11. The average Bonchev–Trinajstić information content (AvgIpc) is 2.33. The van der Waals surface area contributed by atoms with Crippen LogP contribution in [0.2, 0.25) is 10.0 Å². The molecule has 18 heavy (non-hydrogen) atoms. The van der Waals surface area contributed by atoms with Crippen LogP contribution < -0.4 is 5.32 Å². The Morgan fingerprint density at radius 2 is 1.89 bits per heavy atom. The summed E-state index contributed by atoms with van der Waals surface area (Å²) in [7, 11) is 0. The highest BCUT2D eigenvalue weighted by Crippen LogP contribution is 2.25. The van der Waals surface area contributed by atoms with Gasteiger partial charge in [0.1, 0.15) is 0 Å². The van der Waals surface area contributed by atoms with E-state index in [1.807, 2.05) is 0 Å². The maximum absolute atomic E-state index is 11.7. The zero-order chi connectivity index (χ0) is 13.4. The van der Waals surface area contributed by atoms with Gasteiger partial charge in [-0.3, -0.25) is 4.79 Å². The smallest absolute Gasteiger partial charge is 0.224 e. The van der Waals surface area contributed by atoms with Crippen molar-refractivity contribution in [2.45, 2.75) is 45.4 Å². The van der Waals surface area contributed by atoms with E-state index in [4.69, 9.17) is 23.2 Å². The number of carbonyl (C=O) groups excluding carboxylic acids is 1. The minimum absolute atomic E-state index is 0.00401. The molecule has 1 aromatic rings. The summed E-state index contributed by atoms with van der Waals surface area (Å²) < 4.78 is 0. The molecule has 0 radical (unpaired) electrons. The molecule has 1 amide bonds. The van der Waals surface area contributed by atoms with Crippen molar-refractivity contribution in [2.75, 3.05) is 5.32 Å². The lowest BCUT2D eigenvalue weighted by atomic mass is 10.1. The third-order valence-electron chi connectivity index (χ3n) is 2.71. The lowest BCUT2D eigenvalue weighted by Gasteiger charge is -2.07. The van der Waals surface area contributed by atoms with Crippen LogP contribution in [0.1, 0.15) is 45.4 Å². The van der Waals surface area contributed by atoms with Crippen LogP contribution >= 0.6 is 23.2 Å². The summed E-state index contributed by atoms with van der Waals surface area (Å²) in [5.74, 6) is -0.00401. The summed E-state index contributed by atoms with van der Waals surface area (Å²) in [6.45, 7) is 2.17. The number of rotatable bonds is 7. The van der Waals surface area contributed by atoms with Gasteiger partial charge in [0.15, 0.2) is 0 Å². The standard InChI is InChI=1S/C14H19Cl2NO/c1-2-3-4-5-6-7-14(18)17-13-10-11(15)8-9-12(13)16/h8-10H,2-7H2,1H3,(H,17,18). The van der Waals surface area contributed by atoms with Gasteiger partial charge in [-0.1, -0.05) is 55.8 Å². The highest BCUT2D eigenvalue weighted by molar-refractivity contribution is 6.35. The van der Waals surface area contributed by atoms with Gasteiger partial charge >= 0.3 is 0 Å². The van der Waals surface area contributed by atoms with E-state index < -0.39 is 0 Å². The molecule has 1 aromatic carbocycles. The maximum atomic E-state index is 11.7. The van der Waals surface area contributed by atoms with Crippen molar-refractivity contribution < 1.29 is 4.79 Å². The van der Waals surface area contributed by atoms with Crippen LogP contribution in [0.15, 0.2) is 18.2 Å². The van der Waals surface area contributed by atoms with Crippen molar-refractivity contribution in [3.05, 3.63) is 28.2 Å². The summed E-state index contributed by atoms with van der Waals surface area (Å²) in [4.78, 5) is 11.7. The number of amides is 1. The molecule has 0 saturated heterocycles. The first-order chi connectivity index (χ1) is 8.63. The lowest BCUT2D eigenvalue weighted by molar-refractivity contribution is -0.116. The third-order valence-corrected chi connectivity index (χ3v) is 3.27. The molecule has 0 aliphatic carbocycles. The Labute approximate surface area is 119 Å². The first kappa shape index (κ1) is 15.3. The van der Waals surface area contributed by atoms with Crippen molar-refractivity contribution in [1.29, 1.82) is 0 Å². The third kappa shape index (κ3) is 5.74. The fourth-order valence-electron chi connectivity index (χ4n) is 1.70. The molecule has 1 rings (SSSR count). The molecule has 0 unspecified atom stereocenters. The topological polar surface area (TPSA) is 29.1 Å². The Hall–Kier alpha value is -0.730. The van der Waals surface area contributed by atoms with Gasteiger partial charge in [0.05, 0.1) is 10.7 Å². The zero-order valence-electron chi connectivity index (χ0n) is 10.6. The molecule has 0 aliphatic heterocycles. The molecule has 4 heteroatoms. The molecule has 0 heterocycles. The number of hydrogen-bond donors (Lipinski definition) is 1. The fraction of sp³-hybridized carbons (Fsp3) is 0.500. The highest BCUT2D eigenvalue weighted by Gasteiger charge is 2.06. The number of unbranched alkanes of at least 4 members (excludes halogenated alkanes) is 4. The van der Waals surface area contributed by atoms with E-state index in [1.54, 1.807) is 18.2 Å². The molecule has 0 aromatic heterocycles. The summed E-state index contributed by atoms with van der Waals surface area (Å²) >= 11 is 11.8. The number of carbonyl (C=O) groups is 1. The van der Waals surface area contributed by atoms with Crippen LogP contribution in [0.4, 0.5) is 5.69 Å². The summed E-state index contributed by atoms with van der Waals surface area (Å²) in [6.07, 6.45) is 6.20. The van der Waals surface area contributed by atoms with Gasteiger partial charge in [-0.2, -0.15) is 0 Å². The van der Waals surface area contributed by atoms with E-state index in [-0.39, 0.29) is 5.91 Å². The molecule has 0 atom stereocenters. The maximum Gasteiger partial charge on any atom is 0.224 e. The van der Waals surface area contributed by atoms with Crippen molar-refractivity contribution >= 4 is 34.8 Å². The second-order valence-corrected chi connectivity index (χ2v) is 5.18. The monoisotopic (exact) mass is 287 g/mol. The molecular weight excluding hydrogens is 269 g/mol. The van der Waals surface area contributed by atoms with E-state index in [9.17, 15) is 4.79 Å². The van der Waals surface area contributed by atoms with E-state index in [2.05, 4.69) is 12.2 Å². The molecule has 1 N–H and O–H groups in total. The van der Waals surface area contributed by atoms with Crippen LogP contribution in [0.3, 0.4) is 0 Å². The minimum Gasteiger partial charge on any atom is -0.325 e. The van der Waals surface area contributed by atoms with Crippen molar-refractivity contribution in [3.8, 4) is 0 Å². The molecule has 2 nitrogen and oxygen atoms in total. The molecule has 0 saturated carbocycles. The van der Waals surface area contributed by atoms with E-state index in [1.165, 1.54) is 19.3 Å². The first-order valence-corrected chi connectivity index (χ1v) is 7.14. The summed E-state index contributed by atoms with van der Waals surface area (Å²) in [5.41, 5.74) is 0.586. The number of nitrogens with one attached hydrogen (secondary N) is 1. The molecule has 0 bridgehead atoms. The minimum atomic E-state index is -0.00401. The second kappa shape index (κ2) is 8.39. The number of hydrogen-bond acceptors (Lipinski definition) is 1. The fourth-order valence-corrected chi connectivity index (χ4v) is 2.03. The van der Waals surface area contributed by atoms with Gasteiger partial charge < -0.3 is 5.32 Å². The van der Waals surface area contributed by atoms with E-state index in [0.29, 0.717) is 22.2 Å². The summed E-state index contributed by atoms with van der Waals surface area (Å²) in [5, 5.41) is 3.87. The molecule has 100 valence electrons. The highest BCUT2D eigenvalue weighted by atomic mass is 35.5. The quantitative estimate of drug-likeness (QED) is 0.678. The van der Waals surface area contributed by atoms with Gasteiger partial charge in [-0.05, 0) is 24.6 Å². The van der Waals surface area contributed by atoms with Crippen molar-refractivity contribution in [3.63, 3.8) is 0 Å². The zero-order valence-corrected chi connectivity index (χ0v) is 12.2. The van der Waals surface area contributed by atoms with Crippen molar-refractivity contribution in [2.24, 2.45) is 0 Å². The van der Waals surface area contributed by atoms with Gasteiger partial charge in [0.25, 0.3) is 0 Å². The normalized spacial score (nSPS) is 10.4. The number of halogens is 2. The predicted molar refractivity (Wildman–Crippen MR) is 78.5 cm³/mol. The van der Waals surface area contributed by atoms with Crippen LogP contribution in [0.5, 0.6) is 0 Å². The Bertz CT molecular complexity index is 393. The predicted octanol–water partition coefficient (Wildman–Crippen LogP) is 5.29. The molecule has 0 fully saturated rings. The van der Waals surface area contributed by atoms with Gasteiger partial charge in [0, 0.05) is 11.4 Å². The Morgan fingerprint density at radius 3 is 2.61 bits per heavy atom. The number of benzene rings is 1. The Balaban J connectivity index is 2.33. The largest absolute Gasteiger partial charge is 0.325 e. The van der Waals surface area contributed by atoms with Gasteiger partial charge in [-0.15, -0.1) is 0 Å². The molecule has 0 aliphatic rings. The Kier molecular flexibility index (Phi) is 7.14. The second-order valence-electron chi connectivity index (χ2n) is 4.34. The molecular formula is C14H19Cl2NO. The van der Waals surface area contributed by atoms with Crippen LogP contribution in [-0.2, 0) is 4.79 Å². The average molecular weight is 288 g/mol. The number of anilines is 1. The van der Waals surface area contributed by atoms with Crippen molar-refractivity contribution in [1.82, 2.24) is 0 Å². The SMILES string of the molecule is CCCCCCCC(=O)Nc1cc(Cl)ccc1Cl. The molecule has 0 spiro atoms. The van der Waals surface area contributed by atoms with Gasteiger partial charge in [0.2, 0.25) is 5.91 Å². The van der Waals surface area contributed by atoms with Crippen LogP contribution in [-0.4, -0.2) is 5.91 Å². The van der Waals surface area contributed by atoms with Crippen LogP contribution in [0.25, 0.3) is 0 Å². The first-order valence-electron chi connectivity index (χ1n) is 6.38.